The van der Waals surface area contributed by atoms with Crippen LogP contribution in [0.5, 0.6) is 5.75 Å². The Bertz CT molecular complexity index is 1070. The van der Waals surface area contributed by atoms with Crippen molar-refractivity contribution >= 4 is 17.3 Å². The van der Waals surface area contributed by atoms with E-state index in [9.17, 15) is 9.90 Å². The lowest BCUT2D eigenvalue weighted by atomic mass is 10.0. The SMILES string of the molecule is O=C(O)c1nc2c(s1)CCOc1cc(-c3cnn(CCN4CCOCC4)c3)ccc1-2. The molecule has 3 aromatic rings. The number of nitrogens with zero attached hydrogens (tertiary/aromatic N) is 4. The third-order valence-corrected chi connectivity index (χ3v) is 6.52. The number of carboxylic acids is 1. The van der Waals surface area contributed by atoms with Crippen molar-refractivity contribution in [2.75, 3.05) is 39.5 Å². The lowest BCUT2D eigenvalue weighted by Crippen LogP contribution is -2.38. The summed E-state index contributed by atoms with van der Waals surface area (Å²) >= 11 is 1.23. The van der Waals surface area contributed by atoms with Crippen molar-refractivity contribution in [2.45, 2.75) is 13.0 Å². The minimum absolute atomic E-state index is 0.124. The topological polar surface area (TPSA) is 89.7 Å². The molecule has 4 heterocycles. The Morgan fingerprint density at radius 1 is 1.17 bits per heavy atom. The molecule has 0 bridgehead atoms. The standard InChI is InChI=1S/C21H22N4O4S/c26-21(27)20-23-19-16-2-1-14(11-17(16)29-8-3-18(19)30-20)15-12-22-25(13-15)5-4-24-6-9-28-10-7-24/h1-2,11-13H,3-10H2,(H,26,27). The average molecular weight is 426 g/mol. The van der Waals surface area contributed by atoms with Crippen molar-refractivity contribution in [3.63, 3.8) is 0 Å². The number of carboxylic acid groups (broad SMARTS) is 1. The Labute approximate surface area is 177 Å². The Morgan fingerprint density at radius 2 is 2.03 bits per heavy atom. The van der Waals surface area contributed by atoms with Crippen molar-refractivity contribution in [3.05, 3.63) is 40.5 Å². The van der Waals surface area contributed by atoms with Gasteiger partial charge in [-0.3, -0.25) is 9.58 Å². The summed E-state index contributed by atoms with van der Waals surface area (Å²) in [6.07, 6.45) is 4.58. The molecule has 8 nitrogen and oxygen atoms in total. The monoisotopic (exact) mass is 426 g/mol. The van der Waals surface area contributed by atoms with E-state index in [4.69, 9.17) is 9.47 Å². The van der Waals surface area contributed by atoms with Gasteiger partial charge >= 0.3 is 5.97 Å². The number of carbonyl (C=O) groups is 1. The predicted molar refractivity (Wildman–Crippen MR) is 112 cm³/mol. The largest absolute Gasteiger partial charge is 0.492 e. The molecule has 5 rings (SSSR count). The maximum atomic E-state index is 11.3. The first-order chi connectivity index (χ1) is 14.7. The van der Waals surface area contributed by atoms with Crippen molar-refractivity contribution < 1.29 is 19.4 Å². The van der Waals surface area contributed by atoms with E-state index >= 15 is 0 Å². The van der Waals surface area contributed by atoms with Crippen LogP contribution < -0.4 is 4.74 Å². The summed E-state index contributed by atoms with van der Waals surface area (Å²) in [5, 5.41) is 13.9. The van der Waals surface area contributed by atoms with Crippen molar-refractivity contribution in [3.8, 4) is 28.1 Å². The zero-order chi connectivity index (χ0) is 20.5. The number of benzene rings is 1. The van der Waals surface area contributed by atoms with E-state index in [2.05, 4.69) is 21.2 Å². The molecule has 156 valence electrons. The zero-order valence-corrected chi connectivity index (χ0v) is 17.2. The molecule has 2 aliphatic rings. The van der Waals surface area contributed by atoms with E-state index in [1.807, 2.05) is 29.1 Å². The molecule has 0 saturated carbocycles. The summed E-state index contributed by atoms with van der Waals surface area (Å²) in [6.45, 7) is 5.83. The number of morpholine rings is 1. The molecule has 0 amide bonds. The predicted octanol–water partition coefficient (Wildman–Crippen LogP) is 2.64. The first-order valence-electron chi connectivity index (χ1n) is 10.0. The van der Waals surface area contributed by atoms with Gasteiger partial charge in [-0.15, -0.1) is 11.3 Å². The molecule has 0 spiro atoms. The average Bonchev–Trinajstić information content (AvgIpc) is 3.37. The van der Waals surface area contributed by atoms with Crippen LogP contribution >= 0.6 is 11.3 Å². The van der Waals surface area contributed by atoms with E-state index in [0.29, 0.717) is 13.0 Å². The molecule has 0 aliphatic carbocycles. The molecule has 1 aromatic carbocycles. The second-order valence-corrected chi connectivity index (χ2v) is 8.44. The molecule has 30 heavy (non-hydrogen) atoms. The van der Waals surface area contributed by atoms with Gasteiger partial charge in [0.2, 0.25) is 5.01 Å². The van der Waals surface area contributed by atoms with Gasteiger partial charge in [0.15, 0.2) is 0 Å². The van der Waals surface area contributed by atoms with Gasteiger partial charge in [0.05, 0.1) is 38.3 Å². The van der Waals surface area contributed by atoms with E-state index in [0.717, 1.165) is 72.4 Å². The Hall–Kier alpha value is -2.75. The molecular weight excluding hydrogens is 404 g/mol. The molecule has 0 radical (unpaired) electrons. The highest BCUT2D eigenvalue weighted by atomic mass is 32.1. The number of thiazole rings is 1. The molecular formula is C21H22N4O4S. The molecule has 9 heteroatoms. The number of fused-ring (bicyclic) bond motifs is 3. The quantitative estimate of drug-likeness (QED) is 0.671. The number of hydrogen-bond donors (Lipinski definition) is 1. The maximum Gasteiger partial charge on any atom is 0.365 e. The summed E-state index contributed by atoms with van der Waals surface area (Å²) in [6, 6.07) is 5.97. The van der Waals surface area contributed by atoms with Gasteiger partial charge in [-0.2, -0.15) is 5.10 Å². The second kappa shape index (κ2) is 8.17. The van der Waals surface area contributed by atoms with Crippen molar-refractivity contribution in [1.29, 1.82) is 0 Å². The first kappa shape index (κ1) is 19.2. The fourth-order valence-corrected chi connectivity index (χ4v) is 4.69. The highest BCUT2D eigenvalue weighted by molar-refractivity contribution is 7.14. The maximum absolute atomic E-state index is 11.3. The lowest BCUT2D eigenvalue weighted by Gasteiger charge is -2.26. The van der Waals surface area contributed by atoms with Crippen LogP contribution in [0.25, 0.3) is 22.4 Å². The molecule has 2 aliphatic heterocycles. The summed E-state index contributed by atoms with van der Waals surface area (Å²) in [7, 11) is 0. The third kappa shape index (κ3) is 3.83. The lowest BCUT2D eigenvalue weighted by molar-refractivity contribution is 0.0360. The van der Waals surface area contributed by atoms with Gasteiger partial charge in [0.1, 0.15) is 5.75 Å². The molecule has 0 unspecified atom stereocenters. The van der Waals surface area contributed by atoms with Gasteiger partial charge in [0.25, 0.3) is 0 Å². The Morgan fingerprint density at radius 3 is 2.87 bits per heavy atom. The van der Waals surface area contributed by atoms with Crippen LogP contribution in [-0.4, -0.2) is 70.2 Å². The van der Waals surface area contributed by atoms with Gasteiger partial charge in [-0.1, -0.05) is 6.07 Å². The van der Waals surface area contributed by atoms with E-state index in [-0.39, 0.29) is 5.01 Å². The van der Waals surface area contributed by atoms with Crippen molar-refractivity contribution in [1.82, 2.24) is 19.7 Å². The number of rotatable bonds is 5. The molecule has 1 fully saturated rings. The van der Waals surface area contributed by atoms with Crippen LogP contribution in [0.4, 0.5) is 0 Å². The van der Waals surface area contributed by atoms with E-state index in [1.165, 1.54) is 11.3 Å². The van der Waals surface area contributed by atoms with Gasteiger partial charge < -0.3 is 14.6 Å². The highest BCUT2D eigenvalue weighted by Gasteiger charge is 2.23. The van der Waals surface area contributed by atoms with E-state index < -0.39 is 5.97 Å². The Balaban J connectivity index is 1.36. The highest BCUT2D eigenvalue weighted by Crippen LogP contribution is 2.39. The number of hydrogen-bond acceptors (Lipinski definition) is 7. The first-order valence-corrected chi connectivity index (χ1v) is 10.8. The second-order valence-electron chi connectivity index (χ2n) is 7.35. The van der Waals surface area contributed by atoms with Gasteiger partial charge in [-0.05, 0) is 17.7 Å². The number of aromatic carboxylic acids is 1. The van der Waals surface area contributed by atoms with Crippen LogP contribution in [-0.2, 0) is 17.7 Å². The minimum Gasteiger partial charge on any atom is -0.492 e. The summed E-state index contributed by atoms with van der Waals surface area (Å²) in [5.41, 5.74) is 3.60. The van der Waals surface area contributed by atoms with Gasteiger partial charge in [-0.25, -0.2) is 9.78 Å². The molecule has 1 saturated heterocycles. The van der Waals surface area contributed by atoms with Crippen molar-refractivity contribution in [2.24, 2.45) is 0 Å². The minimum atomic E-state index is -0.989. The molecule has 1 N–H and O–H groups in total. The van der Waals surface area contributed by atoms with Crippen LogP contribution in [0.15, 0.2) is 30.6 Å². The van der Waals surface area contributed by atoms with E-state index in [1.54, 1.807) is 0 Å². The van der Waals surface area contributed by atoms with Gasteiger partial charge in [0, 0.05) is 48.3 Å². The summed E-state index contributed by atoms with van der Waals surface area (Å²) < 4.78 is 13.3. The summed E-state index contributed by atoms with van der Waals surface area (Å²) in [4.78, 5) is 19.0. The fraction of sp³-hybridized carbons (Fsp3) is 0.381. The number of aromatic nitrogens is 3. The molecule has 0 atom stereocenters. The van der Waals surface area contributed by atoms with Crippen LogP contribution in [0.3, 0.4) is 0 Å². The van der Waals surface area contributed by atoms with Crippen LogP contribution in [0, 0.1) is 0 Å². The molecule has 2 aromatic heterocycles. The fourth-order valence-electron chi connectivity index (χ4n) is 3.80. The summed E-state index contributed by atoms with van der Waals surface area (Å²) in [5.74, 6) is -0.258. The smallest absolute Gasteiger partial charge is 0.365 e. The van der Waals surface area contributed by atoms with Crippen LogP contribution in [0.2, 0.25) is 0 Å². The zero-order valence-electron chi connectivity index (χ0n) is 16.4. The number of ether oxygens (including phenoxy) is 2. The van der Waals surface area contributed by atoms with Crippen LogP contribution in [0.1, 0.15) is 14.7 Å². The third-order valence-electron chi connectivity index (χ3n) is 5.42. The normalized spacial score (nSPS) is 16.4. The Kier molecular flexibility index (Phi) is 5.24.